The van der Waals surface area contributed by atoms with Crippen LogP contribution < -0.4 is 5.32 Å². The number of aliphatic hydroxyl groups is 1. The molecule has 0 saturated carbocycles. The van der Waals surface area contributed by atoms with Gasteiger partial charge in [0, 0.05) is 23.6 Å². The standard InChI is InChI=1S/C11H20N2O4S/c1-7(14)8(9(15)16)12-10(17)13-4-5-18-11(2,3)6-13/h7-8,14H,4-6H2,1-3H3,(H,12,17)(H,15,16)/t7-,8+/m1/s1. The molecular weight excluding hydrogens is 256 g/mol. The van der Waals surface area contributed by atoms with Crippen LogP contribution in [-0.2, 0) is 4.79 Å². The number of aliphatic carboxylic acids is 1. The normalized spacial score (nSPS) is 22.1. The molecule has 3 N–H and O–H groups in total. The number of urea groups is 1. The van der Waals surface area contributed by atoms with E-state index in [1.54, 1.807) is 16.7 Å². The summed E-state index contributed by atoms with van der Waals surface area (Å²) in [5, 5.41) is 20.6. The maximum absolute atomic E-state index is 11.9. The number of aliphatic hydroxyl groups excluding tert-OH is 1. The SMILES string of the molecule is C[C@@H](O)[C@H](NC(=O)N1CCSC(C)(C)C1)C(=O)O. The molecular formula is C11H20N2O4S. The van der Waals surface area contributed by atoms with Crippen molar-refractivity contribution in [2.45, 2.75) is 37.7 Å². The Hall–Kier alpha value is -0.950. The highest BCUT2D eigenvalue weighted by Gasteiger charge is 2.32. The van der Waals surface area contributed by atoms with Gasteiger partial charge in [0.1, 0.15) is 0 Å². The first-order valence-corrected chi connectivity index (χ1v) is 6.82. The predicted octanol–water partition coefficient (Wildman–Crippen LogP) is 0.357. The third-order valence-corrected chi connectivity index (χ3v) is 4.04. The Kier molecular flexibility index (Phi) is 4.86. The van der Waals surface area contributed by atoms with E-state index >= 15 is 0 Å². The monoisotopic (exact) mass is 276 g/mol. The van der Waals surface area contributed by atoms with E-state index in [4.69, 9.17) is 5.11 Å². The summed E-state index contributed by atoms with van der Waals surface area (Å²) in [5.74, 6) is -0.406. The molecule has 18 heavy (non-hydrogen) atoms. The molecule has 1 rings (SSSR count). The number of nitrogens with one attached hydrogen (secondary N) is 1. The molecule has 0 aromatic heterocycles. The van der Waals surface area contributed by atoms with Gasteiger partial charge in [-0.15, -0.1) is 0 Å². The fourth-order valence-electron chi connectivity index (χ4n) is 1.80. The molecule has 6 nitrogen and oxygen atoms in total. The van der Waals surface area contributed by atoms with E-state index in [-0.39, 0.29) is 4.75 Å². The van der Waals surface area contributed by atoms with Crippen LogP contribution in [0, 0.1) is 0 Å². The van der Waals surface area contributed by atoms with E-state index in [9.17, 15) is 14.7 Å². The van der Waals surface area contributed by atoms with Gasteiger partial charge in [-0.1, -0.05) is 0 Å². The lowest BCUT2D eigenvalue weighted by atomic mass is 10.1. The molecule has 0 aromatic rings. The summed E-state index contributed by atoms with van der Waals surface area (Å²) >= 11 is 1.79. The molecule has 0 spiro atoms. The second-order valence-electron chi connectivity index (χ2n) is 5.04. The summed E-state index contributed by atoms with van der Waals surface area (Å²) in [7, 11) is 0. The zero-order valence-corrected chi connectivity index (χ0v) is 11.7. The number of carboxylic acids is 1. The molecule has 104 valence electrons. The average Bonchev–Trinajstić information content (AvgIpc) is 2.23. The first-order chi connectivity index (χ1) is 8.23. The summed E-state index contributed by atoms with van der Waals surface area (Å²) in [5.41, 5.74) is 0. The smallest absolute Gasteiger partial charge is 0.328 e. The minimum atomic E-state index is -1.27. The van der Waals surface area contributed by atoms with Crippen LogP contribution in [0.25, 0.3) is 0 Å². The van der Waals surface area contributed by atoms with Gasteiger partial charge in [0.2, 0.25) is 0 Å². The topological polar surface area (TPSA) is 89.9 Å². The van der Waals surface area contributed by atoms with Crippen molar-refractivity contribution in [3.05, 3.63) is 0 Å². The molecule has 7 heteroatoms. The van der Waals surface area contributed by atoms with Gasteiger partial charge in [-0.05, 0) is 20.8 Å². The Bertz CT molecular complexity index is 333. The fourth-order valence-corrected chi connectivity index (χ4v) is 2.91. The number of thioether (sulfide) groups is 1. The van der Waals surface area contributed by atoms with Crippen LogP contribution >= 0.6 is 11.8 Å². The second kappa shape index (κ2) is 5.79. The number of rotatable bonds is 3. The minimum absolute atomic E-state index is 0.0286. The third kappa shape index (κ3) is 4.06. The maximum atomic E-state index is 11.9. The maximum Gasteiger partial charge on any atom is 0.328 e. The second-order valence-corrected chi connectivity index (χ2v) is 6.84. The van der Waals surface area contributed by atoms with Gasteiger partial charge >= 0.3 is 12.0 Å². The van der Waals surface area contributed by atoms with Crippen molar-refractivity contribution < 1.29 is 19.8 Å². The van der Waals surface area contributed by atoms with E-state index in [0.29, 0.717) is 13.1 Å². The number of hydrogen-bond acceptors (Lipinski definition) is 4. The van der Waals surface area contributed by atoms with Gasteiger partial charge in [0.25, 0.3) is 0 Å². The van der Waals surface area contributed by atoms with Crippen LogP contribution in [-0.4, -0.2) is 62.8 Å². The van der Waals surface area contributed by atoms with Crippen molar-refractivity contribution in [2.24, 2.45) is 0 Å². The Labute approximate surface area is 111 Å². The molecule has 1 aliphatic rings. The van der Waals surface area contributed by atoms with Crippen LogP contribution in [0.1, 0.15) is 20.8 Å². The van der Waals surface area contributed by atoms with E-state index in [2.05, 4.69) is 5.32 Å². The molecule has 0 radical (unpaired) electrons. The van der Waals surface area contributed by atoms with Gasteiger partial charge in [-0.2, -0.15) is 11.8 Å². The Morgan fingerprint density at radius 3 is 2.50 bits per heavy atom. The Balaban J connectivity index is 2.61. The van der Waals surface area contributed by atoms with Crippen molar-refractivity contribution >= 4 is 23.8 Å². The quantitative estimate of drug-likeness (QED) is 0.692. The van der Waals surface area contributed by atoms with E-state index in [1.165, 1.54) is 6.92 Å². The van der Waals surface area contributed by atoms with Crippen LogP contribution in [0.2, 0.25) is 0 Å². The minimum Gasteiger partial charge on any atom is -0.480 e. The van der Waals surface area contributed by atoms with Crippen molar-refractivity contribution in [3.8, 4) is 0 Å². The van der Waals surface area contributed by atoms with E-state index in [1.807, 2.05) is 13.8 Å². The van der Waals surface area contributed by atoms with Gasteiger partial charge in [-0.25, -0.2) is 9.59 Å². The van der Waals surface area contributed by atoms with Crippen molar-refractivity contribution in [1.29, 1.82) is 0 Å². The zero-order chi connectivity index (χ0) is 13.9. The number of carbonyl (C=O) groups excluding carboxylic acids is 1. The summed E-state index contributed by atoms with van der Waals surface area (Å²) < 4.78 is -0.0286. The largest absolute Gasteiger partial charge is 0.480 e. The fraction of sp³-hybridized carbons (Fsp3) is 0.818. The molecule has 2 amide bonds. The van der Waals surface area contributed by atoms with Gasteiger partial charge in [-0.3, -0.25) is 0 Å². The van der Waals surface area contributed by atoms with Crippen molar-refractivity contribution in [1.82, 2.24) is 10.2 Å². The highest BCUT2D eigenvalue weighted by molar-refractivity contribution is 8.00. The van der Waals surface area contributed by atoms with Crippen molar-refractivity contribution in [2.75, 3.05) is 18.8 Å². The summed E-state index contributed by atoms with van der Waals surface area (Å²) in [6.07, 6.45) is -1.13. The Morgan fingerprint density at radius 2 is 2.06 bits per heavy atom. The van der Waals surface area contributed by atoms with Crippen LogP contribution in [0.3, 0.4) is 0 Å². The number of nitrogens with zero attached hydrogens (tertiary/aromatic N) is 1. The average molecular weight is 276 g/mol. The molecule has 1 saturated heterocycles. The van der Waals surface area contributed by atoms with Gasteiger partial charge < -0.3 is 20.4 Å². The molecule has 0 aromatic carbocycles. The summed E-state index contributed by atoms with van der Waals surface area (Å²) in [6, 6.07) is -1.70. The lowest BCUT2D eigenvalue weighted by Crippen LogP contribution is -2.56. The Morgan fingerprint density at radius 1 is 1.44 bits per heavy atom. The van der Waals surface area contributed by atoms with Gasteiger partial charge in [0.05, 0.1) is 6.10 Å². The van der Waals surface area contributed by atoms with E-state index in [0.717, 1.165) is 5.75 Å². The molecule has 2 atom stereocenters. The number of amides is 2. The zero-order valence-electron chi connectivity index (χ0n) is 10.8. The predicted molar refractivity (Wildman–Crippen MR) is 69.7 cm³/mol. The van der Waals surface area contributed by atoms with E-state index < -0.39 is 24.1 Å². The summed E-state index contributed by atoms with van der Waals surface area (Å²) in [4.78, 5) is 24.4. The lowest BCUT2D eigenvalue weighted by Gasteiger charge is -2.38. The van der Waals surface area contributed by atoms with Crippen molar-refractivity contribution in [3.63, 3.8) is 0 Å². The van der Waals surface area contributed by atoms with Gasteiger partial charge in [0.15, 0.2) is 6.04 Å². The number of hydrogen-bond donors (Lipinski definition) is 3. The first kappa shape index (κ1) is 15.1. The third-order valence-electron chi connectivity index (χ3n) is 2.74. The molecule has 0 unspecified atom stereocenters. The lowest BCUT2D eigenvalue weighted by molar-refractivity contribution is -0.141. The number of carboxylic acid groups (broad SMARTS) is 1. The van der Waals surface area contributed by atoms with Crippen LogP contribution in [0.4, 0.5) is 4.79 Å². The highest BCUT2D eigenvalue weighted by atomic mass is 32.2. The highest BCUT2D eigenvalue weighted by Crippen LogP contribution is 2.29. The van der Waals surface area contributed by atoms with Crippen LogP contribution in [0.15, 0.2) is 0 Å². The van der Waals surface area contributed by atoms with Crippen LogP contribution in [0.5, 0.6) is 0 Å². The summed E-state index contributed by atoms with van der Waals surface area (Å²) in [6.45, 7) is 6.58. The molecule has 0 bridgehead atoms. The molecule has 1 aliphatic heterocycles. The number of carbonyl (C=O) groups is 2. The molecule has 1 heterocycles. The molecule has 0 aliphatic carbocycles. The first-order valence-electron chi connectivity index (χ1n) is 5.83. The molecule has 1 fully saturated rings.